The number of carbonyl (C=O) groups is 1. The Morgan fingerprint density at radius 3 is 2.69 bits per heavy atom. The van der Waals surface area contributed by atoms with Crippen molar-refractivity contribution in [2.45, 2.75) is 39.7 Å². The monoisotopic (exact) mass is 368 g/mol. The molecule has 0 bridgehead atoms. The van der Waals surface area contributed by atoms with Crippen LogP contribution in [0.5, 0.6) is 0 Å². The summed E-state index contributed by atoms with van der Waals surface area (Å²) in [6.45, 7) is 6.46. The fourth-order valence-corrected chi connectivity index (χ4v) is 4.36. The van der Waals surface area contributed by atoms with Crippen molar-refractivity contribution in [2.24, 2.45) is 0 Å². The maximum atomic E-state index is 12.9. The minimum atomic E-state index is 0.0164. The highest BCUT2D eigenvalue weighted by atomic mass is 32.1. The summed E-state index contributed by atoms with van der Waals surface area (Å²) in [7, 11) is 0. The average Bonchev–Trinajstić information content (AvgIpc) is 3.35. The Morgan fingerprint density at radius 1 is 1.23 bits per heavy atom. The number of aryl methyl sites for hydroxylation is 3. The predicted molar refractivity (Wildman–Crippen MR) is 99.1 cm³/mol. The normalized spacial score (nSPS) is 17.0. The number of nitrogens with zero attached hydrogens (tertiary/aromatic N) is 4. The zero-order valence-electron chi connectivity index (χ0n) is 15.0. The molecule has 4 rings (SSSR count). The number of thiazole rings is 1. The molecular formula is C19H20N4O2S. The van der Waals surface area contributed by atoms with Gasteiger partial charge in [0.15, 0.2) is 0 Å². The molecular weight excluding hydrogens is 348 g/mol. The van der Waals surface area contributed by atoms with Crippen LogP contribution in [0.3, 0.4) is 0 Å². The van der Waals surface area contributed by atoms with Gasteiger partial charge in [-0.15, -0.1) is 11.3 Å². The standard InChI is InChI=1S/C19H20N4O2S/c1-11-17(13(3)25-22-11)14-6-7-15(20-9-14)16-5-4-8-23(16)19(24)18-12(2)21-10-26-18/h6-7,9-10,16H,4-5,8H2,1-3H3/t16-/m1/s1. The van der Waals surface area contributed by atoms with E-state index in [2.05, 4.69) is 15.1 Å². The zero-order valence-corrected chi connectivity index (χ0v) is 15.8. The summed E-state index contributed by atoms with van der Waals surface area (Å²) in [6, 6.07) is 4.06. The molecule has 4 heterocycles. The lowest BCUT2D eigenvalue weighted by Gasteiger charge is -2.24. The summed E-state index contributed by atoms with van der Waals surface area (Å²) in [5.41, 5.74) is 6.28. The van der Waals surface area contributed by atoms with Crippen molar-refractivity contribution < 1.29 is 9.32 Å². The summed E-state index contributed by atoms with van der Waals surface area (Å²) in [6.07, 6.45) is 3.77. The maximum absolute atomic E-state index is 12.9. The maximum Gasteiger partial charge on any atom is 0.266 e. The van der Waals surface area contributed by atoms with E-state index in [1.165, 1.54) is 11.3 Å². The molecule has 1 amide bonds. The van der Waals surface area contributed by atoms with E-state index in [1.807, 2.05) is 44.0 Å². The highest BCUT2D eigenvalue weighted by molar-refractivity contribution is 7.11. The van der Waals surface area contributed by atoms with Crippen LogP contribution in [0.1, 0.15) is 51.4 Å². The first-order chi connectivity index (χ1) is 12.6. The van der Waals surface area contributed by atoms with Gasteiger partial charge in [0.2, 0.25) is 0 Å². The molecule has 26 heavy (non-hydrogen) atoms. The van der Waals surface area contributed by atoms with Crippen molar-refractivity contribution >= 4 is 17.2 Å². The Labute approximate surface area is 155 Å². The van der Waals surface area contributed by atoms with Gasteiger partial charge in [-0.2, -0.15) is 0 Å². The molecule has 1 aliphatic heterocycles. The molecule has 0 N–H and O–H groups in total. The first-order valence-corrected chi connectivity index (χ1v) is 9.54. The Bertz CT molecular complexity index is 925. The van der Waals surface area contributed by atoms with Crippen molar-refractivity contribution in [3.05, 3.63) is 51.6 Å². The molecule has 0 aromatic carbocycles. The molecule has 0 aliphatic carbocycles. The topological polar surface area (TPSA) is 72.1 Å². The summed E-state index contributed by atoms with van der Waals surface area (Å²) < 4.78 is 5.25. The van der Waals surface area contributed by atoms with Gasteiger partial charge in [-0.3, -0.25) is 9.78 Å². The van der Waals surface area contributed by atoms with Gasteiger partial charge in [0.25, 0.3) is 5.91 Å². The van der Waals surface area contributed by atoms with Crippen molar-refractivity contribution in [2.75, 3.05) is 6.54 Å². The van der Waals surface area contributed by atoms with E-state index in [4.69, 9.17) is 4.52 Å². The van der Waals surface area contributed by atoms with Crippen LogP contribution in [0, 0.1) is 20.8 Å². The molecule has 3 aromatic rings. The minimum Gasteiger partial charge on any atom is -0.361 e. The highest BCUT2D eigenvalue weighted by Gasteiger charge is 2.32. The number of pyridine rings is 1. The molecule has 1 fully saturated rings. The Balaban J connectivity index is 1.61. The molecule has 1 aliphatic rings. The van der Waals surface area contributed by atoms with Crippen molar-refractivity contribution in [3.63, 3.8) is 0 Å². The van der Waals surface area contributed by atoms with Crippen LogP contribution in [0.25, 0.3) is 11.1 Å². The lowest BCUT2D eigenvalue weighted by Crippen LogP contribution is -2.30. The number of amides is 1. The van der Waals surface area contributed by atoms with Gasteiger partial charge in [0.1, 0.15) is 10.6 Å². The van der Waals surface area contributed by atoms with Gasteiger partial charge >= 0.3 is 0 Å². The number of carbonyl (C=O) groups excluding carboxylic acids is 1. The number of rotatable bonds is 3. The molecule has 0 unspecified atom stereocenters. The van der Waals surface area contributed by atoms with E-state index in [9.17, 15) is 4.79 Å². The van der Waals surface area contributed by atoms with Crippen LogP contribution in [0.2, 0.25) is 0 Å². The summed E-state index contributed by atoms with van der Waals surface area (Å²) in [5, 5.41) is 4.00. The SMILES string of the molecule is Cc1ncsc1C(=O)N1CCC[C@@H]1c1ccc(-c2c(C)noc2C)cn1. The summed E-state index contributed by atoms with van der Waals surface area (Å²) >= 11 is 1.41. The first kappa shape index (κ1) is 16.9. The third kappa shape index (κ3) is 2.82. The average molecular weight is 368 g/mol. The van der Waals surface area contributed by atoms with Gasteiger partial charge in [-0.25, -0.2) is 4.98 Å². The predicted octanol–water partition coefficient (Wildman–Crippen LogP) is 4.10. The molecule has 0 saturated carbocycles. The Morgan fingerprint density at radius 2 is 2.08 bits per heavy atom. The number of hydrogen-bond donors (Lipinski definition) is 0. The second-order valence-electron chi connectivity index (χ2n) is 6.59. The quantitative estimate of drug-likeness (QED) is 0.696. The first-order valence-electron chi connectivity index (χ1n) is 8.66. The van der Waals surface area contributed by atoms with Crippen LogP contribution in [0.15, 0.2) is 28.4 Å². The van der Waals surface area contributed by atoms with Gasteiger partial charge in [0.05, 0.1) is 28.6 Å². The third-order valence-corrected chi connectivity index (χ3v) is 5.82. The molecule has 7 heteroatoms. The van der Waals surface area contributed by atoms with Crippen LogP contribution in [0.4, 0.5) is 0 Å². The largest absolute Gasteiger partial charge is 0.361 e. The Kier molecular flexibility index (Phi) is 4.32. The molecule has 1 saturated heterocycles. The lowest BCUT2D eigenvalue weighted by atomic mass is 10.0. The van der Waals surface area contributed by atoms with Gasteiger partial charge in [-0.1, -0.05) is 11.2 Å². The Hall–Kier alpha value is -2.54. The van der Waals surface area contributed by atoms with E-state index in [0.717, 1.165) is 58.2 Å². The molecule has 1 atom stereocenters. The second kappa shape index (κ2) is 6.64. The smallest absolute Gasteiger partial charge is 0.266 e. The van der Waals surface area contributed by atoms with Crippen LogP contribution < -0.4 is 0 Å². The van der Waals surface area contributed by atoms with E-state index < -0.39 is 0 Å². The van der Waals surface area contributed by atoms with Gasteiger partial charge < -0.3 is 9.42 Å². The molecule has 0 spiro atoms. The van der Waals surface area contributed by atoms with Crippen LogP contribution >= 0.6 is 11.3 Å². The van der Waals surface area contributed by atoms with Crippen LogP contribution in [-0.4, -0.2) is 32.5 Å². The van der Waals surface area contributed by atoms with Crippen molar-refractivity contribution in [1.82, 2.24) is 20.0 Å². The third-order valence-electron chi connectivity index (χ3n) is 4.90. The van der Waals surface area contributed by atoms with Gasteiger partial charge in [0, 0.05) is 23.9 Å². The van der Waals surface area contributed by atoms with E-state index in [-0.39, 0.29) is 11.9 Å². The zero-order chi connectivity index (χ0) is 18.3. The van der Waals surface area contributed by atoms with E-state index >= 15 is 0 Å². The van der Waals surface area contributed by atoms with E-state index in [0.29, 0.717) is 0 Å². The van der Waals surface area contributed by atoms with Gasteiger partial charge in [-0.05, 0) is 39.7 Å². The van der Waals surface area contributed by atoms with Crippen molar-refractivity contribution in [1.29, 1.82) is 0 Å². The fraction of sp³-hybridized carbons (Fsp3) is 0.368. The molecule has 6 nitrogen and oxygen atoms in total. The molecule has 3 aromatic heterocycles. The highest BCUT2D eigenvalue weighted by Crippen LogP contribution is 2.34. The number of aromatic nitrogens is 3. The number of likely N-dealkylation sites (tertiary alicyclic amines) is 1. The summed E-state index contributed by atoms with van der Waals surface area (Å²) in [4.78, 5) is 24.4. The lowest BCUT2D eigenvalue weighted by molar-refractivity contribution is 0.0737. The van der Waals surface area contributed by atoms with E-state index in [1.54, 1.807) is 5.51 Å². The number of hydrogen-bond acceptors (Lipinski definition) is 6. The fourth-order valence-electron chi connectivity index (χ4n) is 3.60. The van der Waals surface area contributed by atoms with Crippen molar-refractivity contribution in [3.8, 4) is 11.1 Å². The molecule has 134 valence electrons. The summed E-state index contributed by atoms with van der Waals surface area (Å²) in [5.74, 6) is 0.847. The van der Waals surface area contributed by atoms with Crippen LogP contribution in [-0.2, 0) is 0 Å². The second-order valence-corrected chi connectivity index (χ2v) is 7.45. The molecule has 0 radical (unpaired) electrons. The minimum absolute atomic E-state index is 0.0164.